The van der Waals surface area contributed by atoms with Crippen LogP contribution in [0.4, 0.5) is 5.69 Å². The SMILES string of the molecule is [B]C(C(=O)Nc1ccc(C(C)(C)C)cc1)=C1C2CC3CC1CN(C3)C2. The number of carbonyl (C=O) groups is 1. The van der Waals surface area contributed by atoms with Crippen LogP contribution in [0.15, 0.2) is 35.3 Å². The molecular weight excluding hydrogens is 307 g/mol. The second-order valence-corrected chi connectivity index (χ2v) is 9.10. The molecule has 1 amide bonds. The lowest BCUT2D eigenvalue weighted by Gasteiger charge is -2.53. The van der Waals surface area contributed by atoms with Gasteiger partial charge in [0.15, 0.2) is 0 Å². The Balaban J connectivity index is 1.51. The maximum absolute atomic E-state index is 12.7. The van der Waals surface area contributed by atoms with E-state index < -0.39 is 0 Å². The average Bonchev–Trinajstić information content (AvgIpc) is 2.53. The molecule has 0 spiro atoms. The van der Waals surface area contributed by atoms with Crippen molar-refractivity contribution in [3.05, 3.63) is 40.9 Å². The maximum Gasteiger partial charge on any atom is 0.241 e. The van der Waals surface area contributed by atoms with E-state index in [1.807, 2.05) is 12.1 Å². The molecule has 4 fully saturated rings. The predicted octanol–water partition coefficient (Wildman–Crippen LogP) is 3.32. The van der Waals surface area contributed by atoms with Crippen LogP contribution < -0.4 is 5.32 Å². The highest BCUT2D eigenvalue weighted by Gasteiger charge is 2.45. The quantitative estimate of drug-likeness (QED) is 0.665. The molecule has 2 atom stereocenters. The van der Waals surface area contributed by atoms with Gasteiger partial charge in [-0.3, -0.25) is 4.79 Å². The summed E-state index contributed by atoms with van der Waals surface area (Å²) in [6.07, 6.45) is 2.41. The summed E-state index contributed by atoms with van der Waals surface area (Å²) >= 11 is 0. The van der Waals surface area contributed by atoms with Crippen molar-refractivity contribution in [2.75, 3.05) is 25.0 Å². The van der Waals surface area contributed by atoms with Gasteiger partial charge in [-0.1, -0.05) is 38.5 Å². The lowest BCUT2D eigenvalue weighted by atomic mass is 9.62. The zero-order chi connectivity index (χ0) is 17.8. The first-order valence-corrected chi connectivity index (χ1v) is 9.45. The van der Waals surface area contributed by atoms with E-state index >= 15 is 0 Å². The topological polar surface area (TPSA) is 32.3 Å². The summed E-state index contributed by atoms with van der Waals surface area (Å²) in [5, 5.41) is 2.99. The number of piperidine rings is 3. The van der Waals surface area contributed by atoms with Crippen molar-refractivity contribution in [1.82, 2.24) is 4.90 Å². The summed E-state index contributed by atoms with van der Waals surface area (Å²) in [5.74, 6) is 1.64. The molecule has 4 bridgehead atoms. The number of anilines is 1. The number of nitrogens with one attached hydrogen (secondary N) is 1. The summed E-state index contributed by atoms with van der Waals surface area (Å²) in [6, 6.07) is 8.10. The van der Waals surface area contributed by atoms with Crippen molar-refractivity contribution in [2.24, 2.45) is 17.8 Å². The third-order valence-electron chi connectivity index (χ3n) is 6.15. The molecule has 1 N–H and O–H groups in total. The van der Waals surface area contributed by atoms with Crippen molar-refractivity contribution in [3.8, 4) is 0 Å². The molecule has 4 aliphatic rings. The van der Waals surface area contributed by atoms with Gasteiger partial charge in [-0.15, -0.1) is 0 Å². The first-order chi connectivity index (χ1) is 11.8. The van der Waals surface area contributed by atoms with Gasteiger partial charge in [-0.05, 0) is 59.2 Å². The summed E-state index contributed by atoms with van der Waals surface area (Å²) in [4.78, 5) is 15.3. The van der Waals surface area contributed by atoms with Gasteiger partial charge in [0.25, 0.3) is 0 Å². The summed E-state index contributed by atoms with van der Waals surface area (Å²) in [6.45, 7) is 9.96. The van der Waals surface area contributed by atoms with E-state index in [0.717, 1.165) is 24.7 Å². The molecule has 2 unspecified atom stereocenters. The first-order valence-electron chi connectivity index (χ1n) is 9.45. The standard InChI is InChI=1S/C21H27BN2O/c1-21(2,3)16-4-6-17(7-5-16)23-20(25)19(22)18-14-8-13-9-15(18)12-24(10-13)11-14/h4-7,13-15H,8-12H2,1-3H3,(H,23,25). The van der Waals surface area contributed by atoms with Crippen molar-refractivity contribution >= 4 is 19.4 Å². The Morgan fingerprint density at radius 2 is 1.68 bits per heavy atom. The third-order valence-corrected chi connectivity index (χ3v) is 6.15. The molecule has 2 radical (unpaired) electrons. The summed E-state index contributed by atoms with van der Waals surface area (Å²) in [7, 11) is 6.34. The van der Waals surface area contributed by atoms with E-state index in [1.165, 1.54) is 30.5 Å². The molecule has 1 aromatic rings. The molecular formula is C21H27BN2O. The van der Waals surface area contributed by atoms with Crippen molar-refractivity contribution in [3.63, 3.8) is 0 Å². The van der Waals surface area contributed by atoms with Gasteiger partial charge in [0, 0.05) is 25.3 Å². The fourth-order valence-electron chi connectivity index (χ4n) is 5.02. The lowest BCUT2D eigenvalue weighted by molar-refractivity contribution is -0.112. The second-order valence-electron chi connectivity index (χ2n) is 9.10. The van der Waals surface area contributed by atoms with Crippen molar-refractivity contribution in [1.29, 1.82) is 0 Å². The van der Waals surface area contributed by atoms with Crippen LogP contribution in [0.5, 0.6) is 0 Å². The maximum atomic E-state index is 12.7. The van der Waals surface area contributed by atoms with Gasteiger partial charge in [-0.2, -0.15) is 0 Å². The van der Waals surface area contributed by atoms with E-state index in [2.05, 4.69) is 43.1 Å². The van der Waals surface area contributed by atoms with Crippen LogP contribution in [0.25, 0.3) is 0 Å². The Bertz CT molecular complexity index is 684. The van der Waals surface area contributed by atoms with Crippen molar-refractivity contribution in [2.45, 2.75) is 39.0 Å². The van der Waals surface area contributed by atoms with E-state index in [0.29, 0.717) is 17.3 Å². The third kappa shape index (κ3) is 3.17. The first kappa shape index (κ1) is 16.9. The number of carbonyl (C=O) groups excluding carboxylic acids is 1. The zero-order valence-corrected chi connectivity index (χ0v) is 15.5. The molecule has 1 aliphatic carbocycles. The molecule has 25 heavy (non-hydrogen) atoms. The average molecular weight is 334 g/mol. The highest BCUT2D eigenvalue weighted by molar-refractivity contribution is 6.39. The lowest BCUT2D eigenvalue weighted by Crippen LogP contribution is -2.55. The van der Waals surface area contributed by atoms with Crippen LogP contribution in [0.2, 0.25) is 0 Å². The number of rotatable bonds is 2. The van der Waals surface area contributed by atoms with Crippen LogP contribution >= 0.6 is 0 Å². The van der Waals surface area contributed by atoms with Crippen LogP contribution in [-0.4, -0.2) is 38.3 Å². The number of nitrogens with zero attached hydrogens (tertiary/aromatic N) is 1. The molecule has 3 heterocycles. The number of hydrogen-bond acceptors (Lipinski definition) is 2. The smallest absolute Gasteiger partial charge is 0.241 e. The number of amides is 1. The minimum Gasteiger partial charge on any atom is -0.323 e. The second kappa shape index (κ2) is 6.01. The van der Waals surface area contributed by atoms with Gasteiger partial charge >= 0.3 is 0 Å². The van der Waals surface area contributed by atoms with Crippen LogP contribution in [-0.2, 0) is 10.2 Å². The van der Waals surface area contributed by atoms with Gasteiger partial charge in [-0.25, -0.2) is 0 Å². The molecule has 3 aliphatic heterocycles. The molecule has 130 valence electrons. The predicted molar refractivity (Wildman–Crippen MR) is 103 cm³/mol. The van der Waals surface area contributed by atoms with Crippen LogP contribution in [0, 0.1) is 17.8 Å². The summed E-state index contributed by atoms with van der Waals surface area (Å²) < 4.78 is 0. The van der Waals surface area contributed by atoms with Crippen LogP contribution in [0.3, 0.4) is 0 Å². The Morgan fingerprint density at radius 3 is 2.20 bits per heavy atom. The van der Waals surface area contributed by atoms with Gasteiger partial charge in [0.2, 0.25) is 5.91 Å². The van der Waals surface area contributed by atoms with Gasteiger partial charge in [0.1, 0.15) is 7.85 Å². The molecule has 4 heteroatoms. The number of hydrogen-bond donors (Lipinski definition) is 1. The fourth-order valence-corrected chi connectivity index (χ4v) is 5.02. The van der Waals surface area contributed by atoms with E-state index in [4.69, 9.17) is 7.85 Å². The van der Waals surface area contributed by atoms with E-state index in [1.54, 1.807) is 0 Å². The van der Waals surface area contributed by atoms with Gasteiger partial charge in [0.05, 0.1) is 0 Å². The normalized spacial score (nSPS) is 30.4. The fraction of sp³-hybridized carbons (Fsp3) is 0.571. The molecule has 3 saturated heterocycles. The molecule has 0 aromatic heterocycles. The highest BCUT2D eigenvalue weighted by atomic mass is 16.1. The van der Waals surface area contributed by atoms with E-state index in [-0.39, 0.29) is 11.3 Å². The summed E-state index contributed by atoms with van der Waals surface area (Å²) in [5.41, 5.74) is 3.88. The Morgan fingerprint density at radius 1 is 1.08 bits per heavy atom. The molecule has 1 saturated carbocycles. The van der Waals surface area contributed by atoms with E-state index in [9.17, 15) is 4.79 Å². The Labute approximate surface area is 152 Å². The van der Waals surface area contributed by atoms with Crippen molar-refractivity contribution < 1.29 is 4.79 Å². The zero-order valence-electron chi connectivity index (χ0n) is 15.5. The van der Waals surface area contributed by atoms with Gasteiger partial charge < -0.3 is 10.2 Å². The largest absolute Gasteiger partial charge is 0.323 e. The van der Waals surface area contributed by atoms with Crippen LogP contribution in [0.1, 0.15) is 39.2 Å². The Hall–Kier alpha value is -1.55. The highest BCUT2D eigenvalue weighted by Crippen LogP contribution is 2.47. The molecule has 3 nitrogen and oxygen atoms in total. The monoisotopic (exact) mass is 334 g/mol. The molecule has 1 aromatic carbocycles. The number of benzene rings is 1. The Kier molecular flexibility index (Phi) is 4.07. The minimum atomic E-state index is -0.138. The minimum absolute atomic E-state index is 0.110. The molecule has 5 rings (SSSR count).